The maximum atomic E-state index is 5.42. The topological polar surface area (TPSA) is 48.3 Å². The molecule has 0 radical (unpaired) electrons. The number of hydrogen-bond donors (Lipinski definition) is 1. The highest BCUT2D eigenvalue weighted by atomic mass is 16.7. The number of benzene rings is 1. The van der Waals surface area contributed by atoms with Crippen LogP contribution in [0.5, 0.6) is 11.5 Å². The van der Waals surface area contributed by atoms with Crippen molar-refractivity contribution in [3.63, 3.8) is 0 Å². The lowest BCUT2D eigenvalue weighted by Gasteiger charge is -2.15. The summed E-state index contributed by atoms with van der Waals surface area (Å²) in [5.41, 5.74) is 1.19. The predicted molar refractivity (Wildman–Crippen MR) is 80.3 cm³/mol. The fourth-order valence-corrected chi connectivity index (χ4v) is 2.50. The third-order valence-electron chi connectivity index (χ3n) is 3.73. The van der Waals surface area contributed by atoms with Crippen molar-refractivity contribution in [3.8, 4) is 11.5 Å². The van der Waals surface area contributed by atoms with E-state index >= 15 is 0 Å². The number of nitrogens with zero attached hydrogens (tertiary/aromatic N) is 2. The lowest BCUT2D eigenvalue weighted by Crippen LogP contribution is -2.20. The molecule has 112 valence electrons. The molecule has 5 heteroatoms. The van der Waals surface area contributed by atoms with Crippen molar-refractivity contribution in [1.29, 1.82) is 0 Å². The second-order valence-corrected chi connectivity index (χ2v) is 5.25. The lowest BCUT2D eigenvalue weighted by atomic mass is 10.1. The van der Waals surface area contributed by atoms with Crippen LogP contribution in [0.4, 0.5) is 0 Å². The first-order valence-electron chi connectivity index (χ1n) is 7.41. The molecule has 1 aromatic heterocycles. The number of fused-ring (bicyclic) bond motifs is 1. The summed E-state index contributed by atoms with van der Waals surface area (Å²) < 4.78 is 13.0. The highest BCUT2D eigenvalue weighted by Gasteiger charge is 2.15. The fourth-order valence-electron chi connectivity index (χ4n) is 2.50. The summed E-state index contributed by atoms with van der Waals surface area (Å²) >= 11 is 0. The number of hydrogen-bond acceptors (Lipinski definition) is 4. The minimum absolute atomic E-state index is 0.228. The summed E-state index contributed by atoms with van der Waals surface area (Å²) in [4.78, 5) is 4.41. The van der Waals surface area contributed by atoms with Gasteiger partial charge in [-0.05, 0) is 31.0 Å². The fraction of sp³-hybridized carbons (Fsp3) is 0.438. The first-order valence-corrected chi connectivity index (χ1v) is 7.41. The van der Waals surface area contributed by atoms with Gasteiger partial charge in [0.15, 0.2) is 11.5 Å². The van der Waals surface area contributed by atoms with Crippen molar-refractivity contribution in [3.05, 3.63) is 42.0 Å². The third-order valence-corrected chi connectivity index (χ3v) is 3.73. The Morgan fingerprint density at radius 2 is 2.19 bits per heavy atom. The monoisotopic (exact) mass is 287 g/mol. The van der Waals surface area contributed by atoms with Crippen LogP contribution >= 0.6 is 0 Å². The van der Waals surface area contributed by atoms with Crippen LogP contribution < -0.4 is 14.8 Å². The highest BCUT2D eigenvalue weighted by Crippen LogP contribution is 2.34. The van der Waals surface area contributed by atoms with E-state index in [9.17, 15) is 0 Å². The number of imidazole rings is 1. The molecule has 0 bridgehead atoms. The van der Waals surface area contributed by atoms with Crippen LogP contribution in [0, 0.1) is 0 Å². The molecule has 1 aliphatic rings. The van der Waals surface area contributed by atoms with Crippen molar-refractivity contribution in [1.82, 2.24) is 14.9 Å². The van der Waals surface area contributed by atoms with Gasteiger partial charge in [-0.1, -0.05) is 13.0 Å². The van der Waals surface area contributed by atoms with E-state index in [1.165, 1.54) is 5.56 Å². The molecule has 1 aromatic carbocycles. The van der Waals surface area contributed by atoms with Gasteiger partial charge >= 0.3 is 0 Å². The zero-order valence-corrected chi connectivity index (χ0v) is 12.5. The van der Waals surface area contributed by atoms with Crippen LogP contribution in [-0.2, 0) is 13.1 Å². The summed E-state index contributed by atoms with van der Waals surface area (Å²) in [6.45, 7) is 6.39. The molecule has 0 fully saturated rings. The molecular weight excluding hydrogens is 266 g/mol. The summed E-state index contributed by atoms with van der Waals surface area (Å²) in [7, 11) is 0. The largest absolute Gasteiger partial charge is 0.454 e. The van der Waals surface area contributed by atoms with Crippen LogP contribution in [0.2, 0.25) is 0 Å². The molecule has 1 aliphatic heterocycles. The van der Waals surface area contributed by atoms with Crippen molar-refractivity contribution in [2.75, 3.05) is 6.79 Å². The van der Waals surface area contributed by atoms with E-state index < -0.39 is 0 Å². The molecule has 0 spiro atoms. The normalized spacial score (nSPS) is 14.4. The summed E-state index contributed by atoms with van der Waals surface area (Å²) in [6, 6.07) is 6.31. The lowest BCUT2D eigenvalue weighted by molar-refractivity contribution is 0.174. The number of rotatable bonds is 6. The van der Waals surface area contributed by atoms with Crippen molar-refractivity contribution in [2.24, 2.45) is 0 Å². The van der Waals surface area contributed by atoms with Gasteiger partial charge in [-0.15, -0.1) is 0 Å². The molecule has 0 aliphatic carbocycles. The molecule has 1 unspecified atom stereocenters. The standard InChI is InChI=1S/C16H21N3O2/c1-3-7-19-8-6-17-16(19)10-18-12(2)13-4-5-14-15(9-13)21-11-20-14/h4-6,8-9,12,18H,3,7,10-11H2,1-2H3. The molecule has 3 rings (SSSR count). The van der Waals surface area contributed by atoms with E-state index in [2.05, 4.69) is 34.8 Å². The van der Waals surface area contributed by atoms with Gasteiger partial charge in [-0.25, -0.2) is 4.98 Å². The Morgan fingerprint density at radius 1 is 1.33 bits per heavy atom. The maximum Gasteiger partial charge on any atom is 0.231 e. The molecule has 21 heavy (non-hydrogen) atoms. The van der Waals surface area contributed by atoms with Gasteiger partial charge in [0, 0.05) is 25.0 Å². The Kier molecular flexibility index (Phi) is 4.10. The third kappa shape index (κ3) is 3.03. The molecule has 0 saturated carbocycles. The highest BCUT2D eigenvalue weighted by molar-refractivity contribution is 5.45. The van der Waals surface area contributed by atoms with Crippen molar-refractivity contribution in [2.45, 2.75) is 39.4 Å². The molecule has 1 N–H and O–H groups in total. The van der Waals surface area contributed by atoms with Gasteiger partial charge in [0.05, 0.1) is 6.54 Å². The molecule has 5 nitrogen and oxygen atoms in total. The van der Waals surface area contributed by atoms with E-state index in [1.54, 1.807) is 0 Å². The maximum absolute atomic E-state index is 5.42. The minimum Gasteiger partial charge on any atom is -0.454 e. The molecule has 1 atom stereocenters. The van der Waals surface area contributed by atoms with Gasteiger partial charge in [0.2, 0.25) is 6.79 Å². The Hall–Kier alpha value is -2.01. The SMILES string of the molecule is CCCn1ccnc1CNC(C)c1ccc2c(c1)OCO2. The second kappa shape index (κ2) is 6.18. The average Bonchev–Trinajstić information content (AvgIpc) is 3.13. The first kappa shape index (κ1) is 13.9. The van der Waals surface area contributed by atoms with Crippen molar-refractivity contribution >= 4 is 0 Å². The average molecular weight is 287 g/mol. The van der Waals surface area contributed by atoms with Gasteiger partial charge in [0.1, 0.15) is 5.82 Å². The molecular formula is C16H21N3O2. The minimum atomic E-state index is 0.228. The zero-order chi connectivity index (χ0) is 14.7. The number of ether oxygens (including phenoxy) is 2. The number of aryl methyl sites for hydroxylation is 1. The summed E-state index contributed by atoms with van der Waals surface area (Å²) in [5.74, 6) is 2.72. The van der Waals surface area contributed by atoms with Gasteiger partial charge in [0.25, 0.3) is 0 Å². The van der Waals surface area contributed by atoms with Crippen molar-refractivity contribution < 1.29 is 9.47 Å². The van der Waals surface area contributed by atoms with Gasteiger partial charge < -0.3 is 19.4 Å². The molecule has 2 aromatic rings. The number of nitrogens with one attached hydrogen (secondary N) is 1. The number of aromatic nitrogens is 2. The van der Waals surface area contributed by atoms with Gasteiger partial charge in [-0.3, -0.25) is 0 Å². The predicted octanol–water partition coefficient (Wildman–Crippen LogP) is 2.87. The molecule has 0 amide bonds. The van der Waals surface area contributed by atoms with Crippen LogP contribution in [0.25, 0.3) is 0 Å². The molecule has 0 saturated heterocycles. The van der Waals surface area contributed by atoms with E-state index in [4.69, 9.17) is 9.47 Å². The molecule has 2 heterocycles. The zero-order valence-electron chi connectivity index (χ0n) is 12.5. The Bertz CT molecular complexity index is 609. The second-order valence-electron chi connectivity index (χ2n) is 5.25. The van der Waals surface area contributed by atoms with Crippen LogP contribution in [0.3, 0.4) is 0 Å². The van der Waals surface area contributed by atoms with Crippen LogP contribution in [0.1, 0.15) is 37.7 Å². The quantitative estimate of drug-likeness (QED) is 0.887. The van der Waals surface area contributed by atoms with E-state index in [0.717, 1.165) is 36.8 Å². The Balaban J connectivity index is 1.63. The van der Waals surface area contributed by atoms with Gasteiger partial charge in [-0.2, -0.15) is 0 Å². The van der Waals surface area contributed by atoms with Crippen LogP contribution in [-0.4, -0.2) is 16.3 Å². The van der Waals surface area contributed by atoms with E-state index in [0.29, 0.717) is 6.79 Å². The van der Waals surface area contributed by atoms with E-state index in [1.807, 2.05) is 24.5 Å². The Labute approximate surface area is 124 Å². The smallest absolute Gasteiger partial charge is 0.231 e. The first-order chi connectivity index (χ1) is 10.3. The van der Waals surface area contributed by atoms with Crippen LogP contribution in [0.15, 0.2) is 30.6 Å². The summed E-state index contributed by atoms with van der Waals surface area (Å²) in [5, 5.41) is 3.51. The summed E-state index contributed by atoms with van der Waals surface area (Å²) in [6.07, 6.45) is 5.00. The Morgan fingerprint density at radius 3 is 3.05 bits per heavy atom. The van der Waals surface area contributed by atoms with E-state index in [-0.39, 0.29) is 6.04 Å².